The summed E-state index contributed by atoms with van der Waals surface area (Å²) in [7, 11) is -3.65. The van der Waals surface area contributed by atoms with E-state index in [1.54, 1.807) is 6.07 Å². The number of nitrogens with two attached hydrogens (primary N) is 2. The molecule has 0 aliphatic heterocycles. The maximum absolute atomic E-state index is 11.2. The molecule has 6 nitrogen and oxygen atoms in total. The molecule has 0 amide bonds. The summed E-state index contributed by atoms with van der Waals surface area (Å²) in [6, 6.07) is 9.40. The fraction of sp³-hybridized carbons (Fsp3) is 0.267. The molecule has 0 atom stereocenters. The van der Waals surface area contributed by atoms with Crippen molar-refractivity contribution in [3.05, 3.63) is 46.3 Å². The molecular weight excluding hydrogens is 332 g/mol. The number of rotatable bonds is 4. The van der Waals surface area contributed by atoms with Gasteiger partial charge in [0.15, 0.2) is 5.96 Å². The van der Waals surface area contributed by atoms with Gasteiger partial charge in [-0.3, -0.25) is 0 Å². The lowest BCUT2D eigenvalue weighted by Crippen LogP contribution is -2.22. The van der Waals surface area contributed by atoms with E-state index >= 15 is 0 Å². The number of benzene rings is 1. The Kier molecular flexibility index (Phi) is 4.38. The molecule has 0 saturated carbocycles. The second kappa shape index (κ2) is 6.31. The number of anilines is 1. The van der Waals surface area contributed by atoms with Crippen molar-refractivity contribution in [1.29, 1.82) is 0 Å². The highest BCUT2D eigenvalue weighted by atomic mass is 32.2. The number of sulfonamides is 1. The van der Waals surface area contributed by atoms with Crippen LogP contribution >= 0.6 is 11.3 Å². The van der Waals surface area contributed by atoms with Gasteiger partial charge in [0.05, 0.1) is 6.54 Å². The minimum Gasteiger partial charge on any atom is -0.370 e. The van der Waals surface area contributed by atoms with Gasteiger partial charge < -0.3 is 11.1 Å². The van der Waals surface area contributed by atoms with Crippen LogP contribution in [0, 0.1) is 0 Å². The first-order valence-electron chi connectivity index (χ1n) is 7.22. The van der Waals surface area contributed by atoms with Crippen molar-refractivity contribution in [1.82, 2.24) is 0 Å². The van der Waals surface area contributed by atoms with Crippen LogP contribution in [0.25, 0.3) is 0 Å². The molecular formula is C15H18N4O2S2. The van der Waals surface area contributed by atoms with Gasteiger partial charge in [0, 0.05) is 10.6 Å². The smallest absolute Gasteiger partial charge is 0.247 e. The molecule has 3 rings (SSSR count). The highest BCUT2D eigenvalue weighted by molar-refractivity contribution is 7.91. The first kappa shape index (κ1) is 16.0. The number of primary sulfonamides is 1. The van der Waals surface area contributed by atoms with Gasteiger partial charge in [0.2, 0.25) is 10.0 Å². The fourth-order valence-corrected chi connectivity index (χ4v) is 4.30. The third-order valence-corrected chi connectivity index (χ3v) is 6.20. The summed E-state index contributed by atoms with van der Waals surface area (Å²) in [4.78, 5) is 5.02. The van der Waals surface area contributed by atoms with Gasteiger partial charge in [-0.05, 0) is 54.7 Å². The predicted molar refractivity (Wildman–Crippen MR) is 93.1 cm³/mol. The maximum Gasteiger partial charge on any atom is 0.247 e. The maximum atomic E-state index is 11.2. The molecule has 1 aromatic heterocycles. The van der Waals surface area contributed by atoms with E-state index in [0.717, 1.165) is 34.7 Å². The minimum absolute atomic E-state index is 0.132. The van der Waals surface area contributed by atoms with E-state index in [0.29, 0.717) is 12.5 Å². The third-order valence-electron chi connectivity index (χ3n) is 3.69. The normalized spacial score (nSPS) is 14.7. The summed E-state index contributed by atoms with van der Waals surface area (Å²) in [6.45, 7) is 0.309. The van der Waals surface area contributed by atoms with Crippen molar-refractivity contribution < 1.29 is 8.42 Å². The van der Waals surface area contributed by atoms with E-state index in [9.17, 15) is 8.42 Å². The largest absolute Gasteiger partial charge is 0.370 e. The van der Waals surface area contributed by atoms with Crippen molar-refractivity contribution in [2.75, 3.05) is 5.32 Å². The predicted octanol–water partition coefficient (Wildman–Crippen LogP) is 1.81. The second-order valence-electron chi connectivity index (χ2n) is 5.43. The van der Waals surface area contributed by atoms with Crippen LogP contribution in [-0.4, -0.2) is 14.4 Å². The van der Waals surface area contributed by atoms with Crippen LogP contribution in [0.4, 0.5) is 5.69 Å². The lowest BCUT2D eigenvalue weighted by atomic mass is 10.1. The van der Waals surface area contributed by atoms with E-state index in [1.807, 2.05) is 6.07 Å². The van der Waals surface area contributed by atoms with Gasteiger partial charge in [-0.1, -0.05) is 6.07 Å². The highest BCUT2D eigenvalue weighted by Crippen LogP contribution is 2.25. The topological polar surface area (TPSA) is 111 Å². The molecule has 0 bridgehead atoms. The molecule has 0 fully saturated rings. The Hall–Kier alpha value is -1.90. The van der Waals surface area contributed by atoms with Gasteiger partial charge >= 0.3 is 0 Å². The molecule has 0 radical (unpaired) electrons. The van der Waals surface area contributed by atoms with E-state index in [1.165, 1.54) is 23.6 Å². The highest BCUT2D eigenvalue weighted by Gasteiger charge is 2.12. The molecule has 1 aliphatic carbocycles. The molecule has 1 aliphatic rings. The number of aliphatic imine (C=N–C) groups is 1. The molecule has 0 spiro atoms. The van der Waals surface area contributed by atoms with Crippen molar-refractivity contribution in [3.8, 4) is 0 Å². The zero-order valence-corrected chi connectivity index (χ0v) is 14.1. The van der Waals surface area contributed by atoms with Crippen LogP contribution < -0.4 is 16.2 Å². The van der Waals surface area contributed by atoms with Crippen LogP contribution in [0.3, 0.4) is 0 Å². The lowest BCUT2D eigenvalue weighted by Gasteiger charge is -2.07. The Morgan fingerprint density at radius 1 is 1.22 bits per heavy atom. The number of nitrogens with zero attached hydrogens (tertiary/aromatic N) is 1. The number of hydrogen-bond donors (Lipinski definition) is 3. The fourth-order valence-electron chi connectivity index (χ4n) is 2.60. The molecule has 1 heterocycles. The van der Waals surface area contributed by atoms with Gasteiger partial charge in [0.25, 0.3) is 0 Å². The number of hydrogen-bond acceptors (Lipinski definition) is 4. The molecule has 23 heavy (non-hydrogen) atoms. The Labute approximate surface area is 139 Å². The van der Waals surface area contributed by atoms with Crippen LogP contribution in [0.5, 0.6) is 0 Å². The van der Waals surface area contributed by atoms with Crippen molar-refractivity contribution in [2.45, 2.75) is 30.0 Å². The Bertz CT molecular complexity index is 856. The SMILES string of the molecule is NC(=NCc1ccc(S(N)(=O)=O)s1)Nc1ccc2c(c1)CCC2. The summed E-state index contributed by atoms with van der Waals surface area (Å²) in [5.41, 5.74) is 9.57. The van der Waals surface area contributed by atoms with Gasteiger partial charge in [-0.25, -0.2) is 18.5 Å². The van der Waals surface area contributed by atoms with E-state index in [4.69, 9.17) is 10.9 Å². The third kappa shape index (κ3) is 3.90. The molecule has 1 aromatic carbocycles. The Morgan fingerprint density at radius 3 is 2.74 bits per heavy atom. The number of thiophene rings is 1. The van der Waals surface area contributed by atoms with E-state index < -0.39 is 10.0 Å². The number of nitrogens with one attached hydrogen (secondary N) is 1. The first-order chi connectivity index (χ1) is 10.9. The van der Waals surface area contributed by atoms with Gasteiger partial charge in [-0.2, -0.15) is 0 Å². The average molecular weight is 350 g/mol. The van der Waals surface area contributed by atoms with Crippen LogP contribution in [0.15, 0.2) is 39.5 Å². The zero-order chi connectivity index (χ0) is 16.4. The number of guanidine groups is 1. The first-order valence-corrected chi connectivity index (χ1v) is 9.58. The van der Waals surface area contributed by atoms with Crippen LogP contribution in [0.1, 0.15) is 22.4 Å². The molecule has 5 N–H and O–H groups in total. The van der Waals surface area contributed by atoms with Gasteiger partial charge in [0.1, 0.15) is 4.21 Å². The Balaban J connectivity index is 1.65. The summed E-state index contributed by atoms with van der Waals surface area (Å²) in [5.74, 6) is 0.300. The average Bonchev–Trinajstić information content (AvgIpc) is 3.13. The van der Waals surface area contributed by atoms with Crippen molar-refractivity contribution in [2.24, 2.45) is 15.9 Å². The molecule has 0 saturated heterocycles. The standard InChI is InChI=1S/C15H18N4O2S2/c16-15(18-9-13-6-7-14(22-13)23(17,20)21)19-12-5-4-10-2-1-3-11(10)8-12/h4-8H,1-3,9H2,(H3,16,18,19)(H2,17,20,21). The summed E-state index contributed by atoms with van der Waals surface area (Å²) >= 11 is 1.10. The number of aryl methyl sites for hydroxylation is 2. The number of fused-ring (bicyclic) bond motifs is 1. The van der Waals surface area contributed by atoms with Gasteiger partial charge in [-0.15, -0.1) is 11.3 Å². The second-order valence-corrected chi connectivity index (χ2v) is 8.39. The molecule has 0 unspecified atom stereocenters. The molecule has 8 heteroatoms. The molecule has 122 valence electrons. The monoisotopic (exact) mass is 350 g/mol. The summed E-state index contributed by atoms with van der Waals surface area (Å²) < 4.78 is 22.6. The van der Waals surface area contributed by atoms with Crippen LogP contribution in [0.2, 0.25) is 0 Å². The summed E-state index contributed by atoms with van der Waals surface area (Å²) in [5, 5.41) is 8.15. The van der Waals surface area contributed by atoms with E-state index in [-0.39, 0.29) is 4.21 Å². The van der Waals surface area contributed by atoms with Crippen molar-refractivity contribution in [3.63, 3.8) is 0 Å². The molecule has 2 aromatic rings. The van der Waals surface area contributed by atoms with Crippen molar-refractivity contribution >= 4 is 33.0 Å². The summed E-state index contributed by atoms with van der Waals surface area (Å²) in [6.07, 6.45) is 3.45. The van der Waals surface area contributed by atoms with Crippen LogP contribution in [-0.2, 0) is 29.4 Å². The van der Waals surface area contributed by atoms with E-state index in [2.05, 4.69) is 22.4 Å². The minimum atomic E-state index is -3.65. The Morgan fingerprint density at radius 2 is 2.00 bits per heavy atom. The quantitative estimate of drug-likeness (QED) is 0.577. The lowest BCUT2D eigenvalue weighted by molar-refractivity contribution is 0.600. The zero-order valence-electron chi connectivity index (χ0n) is 12.5.